The van der Waals surface area contributed by atoms with Gasteiger partial charge in [-0.2, -0.15) is 17.0 Å². The molecule has 0 bridgehead atoms. The summed E-state index contributed by atoms with van der Waals surface area (Å²) >= 11 is 0. The maximum Gasteiger partial charge on any atom is 0.282 e. The standard InChI is InChI=1S/C16H29N5O2S/c1-3-7-20(8-4-2)24(22,23)21-11-9-19(10-12-21)14-15-5-6-18-16(17)13-15/h5-6,13H,3-4,7-12,14H2,1-2H3,(H2,17,18). The average Bonchev–Trinajstić information content (AvgIpc) is 2.55. The molecular weight excluding hydrogens is 326 g/mol. The van der Waals surface area contributed by atoms with Crippen LogP contribution >= 0.6 is 0 Å². The van der Waals surface area contributed by atoms with Crippen molar-refractivity contribution in [3.63, 3.8) is 0 Å². The zero-order valence-electron chi connectivity index (χ0n) is 14.7. The van der Waals surface area contributed by atoms with E-state index in [0.29, 0.717) is 32.0 Å². The van der Waals surface area contributed by atoms with Crippen LogP contribution in [-0.2, 0) is 16.8 Å². The molecule has 0 spiro atoms. The van der Waals surface area contributed by atoms with E-state index < -0.39 is 10.2 Å². The first-order valence-electron chi connectivity index (χ1n) is 8.65. The number of nitrogens with two attached hydrogens (primary N) is 1. The Morgan fingerprint density at radius 1 is 1.17 bits per heavy atom. The van der Waals surface area contributed by atoms with Crippen LogP contribution in [-0.4, -0.2) is 66.2 Å². The van der Waals surface area contributed by atoms with E-state index in [1.54, 1.807) is 14.8 Å². The van der Waals surface area contributed by atoms with Crippen molar-refractivity contribution in [2.75, 3.05) is 45.0 Å². The van der Waals surface area contributed by atoms with Gasteiger partial charge < -0.3 is 5.73 Å². The second-order valence-corrected chi connectivity index (χ2v) is 8.10. The van der Waals surface area contributed by atoms with Gasteiger partial charge in [0.25, 0.3) is 10.2 Å². The van der Waals surface area contributed by atoms with Crippen LogP contribution in [0.5, 0.6) is 0 Å². The lowest BCUT2D eigenvalue weighted by Crippen LogP contribution is -2.53. The molecule has 0 amide bonds. The van der Waals surface area contributed by atoms with Gasteiger partial charge in [0.05, 0.1) is 0 Å². The smallest absolute Gasteiger partial charge is 0.282 e. The largest absolute Gasteiger partial charge is 0.384 e. The van der Waals surface area contributed by atoms with Gasteiger partial charge in [0.15, 0.2) is 0 Å². The Morgan fingerprint density at radius 3 is 2.33 bits per heavy atom. The first-order valence-corrected chi connectivity index (χ1v) is 10.0. The van der Waals surface area contributed by atoms with E-state index in [9.17, 15) is 8.42 Å². The number of hydrogen-bond donors (Lipinski definition) is 1. The van der Waals surface area contributed by atoms with Gasteiger partial charge in [0, 0.05) is 52.0 Å². The van der Waals surface area contributed by atoms with Crippen molar-refractivity contribution in [3.05, 3.63) is 23.9 Å². The summed E-state index contributed by atoms with van der Waals surface area (Å²) in [6.07, 6.45) is 3.38. The minimum atomic E-state index is -3.34. The molecule has 1 aromatic rings. The summed E-state index contributed by atoms with van der Waals surface area (Å²) in [5.74, 6) is 0.517. The molecule has 0 aliphatic carbocycles. The first kappa shape index (κ1) is 19.1. The van der Waals surface area contributed by atoms with Crippen molar-refractivity contribution in [1.29, 1.82) is 0 Å². The van der Waals surface area contributed by atoms with Gasteiger partial charge in [-0.15, -0.1) is 0 Å². The van der Waals surface area contributed by atoms with Gasteiger partial charge in [0.1, 0.15) is 5.82 Å². The Bertz CT molecular complexity index is 609. The Hall–Kier alpha value is -1.22. The van der Waals surface area contributed by atoms with E-state index in [0.717, 1.165) is 38.0 Å². The van der Waals surface area contributed by atoms with Crippen LogP contribution in [0.2, 0.25) is 0 Å². The minimum Gasteiger partial charge on any atom is -0.384 e. The topological polar surface area (TPSA) is 82.8 Å². The van der Waals surface area contributed by atoms with Gasteiger partial charge in [-0.05, 0) is 30.5 Å². The molecule has 2 rings (SSSR count). The predicted molar refractivity (Wildman–Crippen MR) is 96.6 cm³/mol. The Kier molecular flexibility index (Phi) is 6.97. The van der Waals surface area contributed by atoms with Crippen LogP contribution in [0.1, 0.15) is 32.3 Å². The molecule has 1 aliphatic rings. The molecule has 2 N–H and O–H groups in total. The zero-order valence-corrected chi connectivity index (χ0v) is 15.5. The summed E-state index contributed by atoms with van der Waals surface area (Å²) in [5, 5.41) is 0. The fourth-order valence-corrected chi connectivity index (χ4v) is 4.75. The molecular formula is C16H29N5O2S. The van der Waals surface area contributed by atoms with Gasteiger partial charge in [-0.3, -0.25) is 4.90 Å². The number of hydrogen-bond acceptors (Lipinski definition) is 5. The lowest BCUT2D eigenvalue weighted by Gasteiger charge is -2.36. The SMILES string of the molecule is CCCN(CCC)S(=O)(=O)N1CCN(Cc2ccnc(N)c2)CC1. The third-order valence-electron chi connectivity index (χ3n) is 4.18. The van der Waals surface area contributed by atoms with Crippen molar-refractivity contribution < 1.29 is 8.42 Å². The number of anilines is 1. The monoisotopic (exact) mass is 355 g/mol. The average molecular weight is 356 g/mol. The maximum absolute atomic E-state index is 12.8. The first-order chi connectivity index (χ1) is 11.5. The van der Waals surface area contributed by atoms with Gasteiger partial charge in [0.2, 0.25) is 0 Å². The highest BCUT2D eigenvalue weighted by Gasteiger charge is 2.31. The van der Waals surface area contributed by atoms with E-state index >= 15 is 0 Å². The van der Waals surface area contributed by atoms with Crippen LogP contribution in [0.4, 0.5) is 5.82 Å². The molecule has 7 nitrogen and oxygen atoms in total. The van der Waals surface area contributed by atoms with E-state index in [4.69, 9.17) is 5.73 Å². The summed E-state index contributed by atoms with van der Waals surface area (Å²) in [6.45, 7) is 8.50. The summed E-state index contributed by atoms with van der Waals surface area (Å²) in [4.78, 5) is 6.25. The van der Waals surface area contributed by atoms with Crippen LogP contribution in [0, 0.1) is 0 Å². The maximum atomic E-state index is 12.8. The number of nitrogen functional groups attached to an aromatic ring is 1. The highest BCUT2D eigenvalue weighted by molar-refractivity contribution is 7.86. The van der Waals surface area contributed by atoms with Gasteiger partial charge in [-0.1, -0.05) is 13.8 Å². The van der Waals surface area contributed by atoms with Crippen molar-refractivity contribution in [2.45, 2.75) is 33.2 Å². The normalized spacial score (nSPS) is 17.5. The lowest BCUT2D eigenvalue weighted by atomic mass is 10.2. The van der Waals surface area contributed by atoms with E-state index in [-0.39, 0.29) is 0 Å². The number of nitrogens with zero attached hydrogens (tertiary/aromatic N) is 4. The quantitative estimate of drug-likeness (QED) is 0.756. The molecule has 1 aromatic heterocycles. The highest BCUT2D eigenvalue weighted by atomic mass is 32.2. The number of piperazine rings is 1. The van der Waals surface area contributed by atoms with Crippen molar-refractivity contribution in [3.8, 4) is 0 Å². The third-order valence-corrected chi connectivity index (χ3v) is 6.22. The van der Waals surface area contributed by atoms with E-state index in [2.05, 4.69) is 9.88 Å². The molecule has 8 heteroatoms. The van der Waals surface area contributed by atoms with Crippen molar-refractivity contribution in [2.24, 2.45) is 0 Å². The Balaban J connectivity index is 1.93. The van der Waals surface area contributed by atoms with Crippen molar-refractivity contribution >= 4 is 16.0 Å². The molecule has 1 fully saturated rings. The molecule has 24 heavy (non-hydrogen) atoms. The Morgan fingerprint density at radius 2 is 1.79 bits per heavy atom. The summed E-state index contributed by atoms with van der Waals surface area (Å²) in [6, 6.07) is 3.82. The molecule has 0 unspecified atom stereocenters. The molecule has 136 valence electrons. The predicted octanol–water partition coefficient (Wildman–Crippen LogP) is 1.15. The minimum absolute atomic E-state index is 0.517. The molecule has 2 heterocycles. The summed E-state index contributed by atoms with van der Waals surface area (Å²) in [7, 11) is -3.34. The number of aromatic nitrogens is 1. The van der Waals surface area contributed by atoms with Crippen LogP contribution in [0.15, 0.2) is 18.3 Å². The molecule has 0 atom stereocenters. The fraction of sp³-hybridized carbons (Fsp3) is 0.688. The molecule has 0 saturated carbocycles. The second kappa shape index (κ2) is 8.75. The summed E-state index contributed by atoms with van der Waals surface area (Å²) < 4.78 is 28.8. The third kappa shape index (κ3) is 4.89. The number of pyridine rings is 1. The number of rotatable bonds is 8. The highest BCUT2D eigenvalue weighted by Crippen LogP contribution is 2.15. The molecule has 0 radical (unpaired) electrons. The summed E-state index contributed by atoms with van der Waals surface area (Å²) in [5.41, 5.74) is 6.82. The molecule has 1 aliphatic heterocycles. The van der Waals surface area contributed by atoms with Crippen LogP contribution in [0.25, 0.3) is 0 Å². The van der Waals surface area contributed by atoms with Gasteiger partial charge in [-0.25, -0.2) is 4.98 Å². The van der Waals surface area contributed by atoms with E-state index in [1.807, 2.05) is 26.0 Å². The van der Waals surface area contributed by atoms with Crippen LogP contribution < -0.4 is 5.73 Å². The molecule has 0 aromatic carbocycles. The Labute approximate surface area is 145 Å². The lowest BCUT2D eigenvalue weighted by molar-refractivity contribution is 0.174. The zero-order chi connectivity index (χ0) is 17.6. The molecule has 1 saturated heterocycles. The second-order valence-electron chi connectivity index (χ2n) is 6.17. The van der Waals surface area contributed by atoms with Crippen LogP contribution in [0.3, 0.4) is 0 Å². The van der Waals surface area contributed by atoms with Gasteiger partial charge >= 0.3 is 0 Å². The van der Waals surface area contributed by atoms with Crippen molar-refractivity contribution in [1.82, 2.24) is 18.5 Å². The van der Waals surface area contributed by atoms with E-state index in [1.165, 1.54) is 0 Å². The fourth-order valence-electron chi connectivity index (χ4n) is 2.97.